The second-order valence-corrected chi connectivity index (χ2v) is 2.64. The monoisotopic (exact) mass is 213 g/mol. The molecule has 0 bridgehead atoms. The Morgan fingerprint density at radius 2 is 2.14 bits per heavy atom. The van der Waals surface area contributed by atoms with Crippen LogP contribution in [0.1, 0.15) is 13.3 Å². The minimum atomic E-state index is -3.54. The van der Waals surface area contributed by atoms with Crippen LogP contribution in [0, 0.1) is 0 Å². The van der Waals surface area contributed by atoms with Crippen molar-refractivity contribution < 1.29 is 22.7 Å². The predicted octanol–water partition coefficient (Wildman–Crippen LogP) is 1.13. The number of ether oxygens (including phenoxy) is 1. The van der Waals surface area contributed by atoms with Gasteiger partial charge in [0.2, 0.25) is 0 Å². The van der Waals surface area contributed by atoms with Crippen molar-refractivity contribution in [2.24, 2.45) is 0 Å². The molecule has 0 saturated carbocycles. The van der Waals surface area contributed by atoms with Crippen LogP contribution in [-0.2, 0) is 9.53 Å². The van der Waals surface area contributed by atoms with Crippen LogP contribution in [-0.4, -0.2) is 38.3 Å². The molecule has 6 heteroatoms. The van der Waals surface area contributed by atoms with Gasteiger partial charge in [0, 0.05) is 0 Å². The van der Waals surface area contributed by atoms with E-state index in [1.807, 2.05) is 0 Å². The molecule has 0 aliphatic carbocycles. The number of esters is 1. The Morgan fingerprint density at radius 1 is 1.50 bits per heavy atom. The Morgan fingerprint density at radius 3 is 2.64 bits per heavy atom. The number of alkyl halides is 3. The summed E-state index contributed by atoms with van der Waals surface area (Å²) in [5, 5.41) is 2.28. The molecule has 1 N–H and O–H groups in total. The van der Waals surface area contributed by atoms with Gasteiger partial charge < -0.3 is 10.1 Å². The third-order valence-corrected chi connectivity index (χ3v) is 1.41. The summed E-state index contributed by atoms with van der Waals surface area (Å²) in [6.45, 7) is 0.0959. The first-order valence-corrected chi connectivity index (χ1v) is 4.36. The number of halogens is 3. The minimum absolute atomic E-state index is 0.0844. The quantitative estimate of drug-likeness (QED) is 0.509. The average Bonchev–Trinajstić information content (AvgIpc) is 2.13. The lowest BCUT2D eigenvalue weighted by molar-refractivity contribution is -0.170. The van der Waals surface area contributed by atoms with Crippen LogP contribution in [0.4, 0.5) is 13.2 Å². The molecule has 0 atom stereocenters. The third kappa shape index (κ3) is 5.06. The van der Waals surface area contributed by atoms with Crippen molar-refractivity contribution in [2.45, 2.75) is 19.3 Å². The highest BCUT2D eigenvalue weighted by molar-refractivity contribution is 5.77. The van der Waals surface area contributed by atoms with Gasteiger partial charge in [-0.05, 0) is 19.9 Å². The molecule has 14 heavy (non-hydrogen) atoms. The standard InChI is InChI=1S/C8H14F3NO2/c1-2-14-7(13)8(10,11)6-12-5-3-4-9/h12H,2-6H2,1H3. The number of rotatable bonds is 7. The summed E-state index contributed by atoms with van der Waals surface area (Å²) in [4.78, 5) is 10.6. The van der Waals surface area contributed by atoms with E-state index in [-0.39, 0.29) is 19.6 Å². The van der Waals surface area contributed by atoms with E-state index >= 15 is 0 Å². The van der Waals surface area contributed by atoms with E-state index < -0.39 is 25.1 Å². The summed E-state index contributed by atoms with van der Waals surface area (Å²) in [7, 11) is 0. The third-order valence-electron chi connectivity index (χ3n) is 1.41. The van der Waals surface area contributed by atoms with Gasteiger partial charge in [-0.1, -0.05) is 0 Å². The summed E-state index contributed by atoms with van der Waals surface area (Å²) in [5.41, 5.74) is 0. The second-order valence-electron chi connectivity index (χ2n) is 2.64. The molecule has 0 fully saturated rings. The van der Waals surface area contributed by atoms with Crippen molar-refractivity contribution in [3.05, 3.63) is 0 Å². The number of nitrogens with one attached hydrogen (secondary N) is 1. The highest BCUT2D eigenvalue weighted by atomic mass is 19.3. The Bertz CT molecular complexity index is 176. The Kier molecular flexibility index (Phi) is 6.27. The smallest absolute Gasteiger partial charge is 0.378 e. The first-order chi connectivity index (χ1) is 6.54. The van der Waals surface area contributed by atoms with Gasteiger partial charge >= 0.3 is 11.9 Å². The van der Waals surface area contributed by atoms with Crippen LogP contribution in [0.25, 0.3) is 0 Å². The lowest BCUT2D eigenvalue weighted by Gasteiger charge is -2.14. The molecule has 0 aromatic rings. The number of hydrogen-bond donors (Lipinski definition) is 1. The molecule has 0 rings (SSSR count). The molecular weight excluding hydrogens is 199 g/mol. The van der Waals surface area contributed by atoms with Crippen molar-refractivity contribution in [3.8, 4) is 0 Å². The second kappa shape index (κ2) is 6.64. The molecule has 84 valence electrons. The fraction of sp³-hybridized carbons (Fsp3) is 0.875. The van der Waals surface area contributed by atoms with Crippen LogP contribution in [0.2, 0.25) is 0 Å². The fourth-order valence-electron chi connectivity index (χ4n) is 0.746. The van der Waals surface area contributed by atoms with Gasteiger partial charge in [0.05, 0.1) is 19.8 Å². The molecule has 0 aromatic carbocycles. The van der Waals surface area contributed by atoms with Crippen molar-refractivity contribution in [3.63, 3.8) is 0 Å². The molecule has 0 aliphatic rings. The molecule has 0 heterocycles. The first-order valence-electron chi connectivity index (χ1n) is 4.36. The maximum Gasteiger partial charge on any atom is 0.378 e. The molecule has 0 radical (unpaired) electrons. The number of hydrogen-bond acceptors (Lipinski definition) is 3. The topological polar surface area (TPSA) is 38.3 Å². The maximum atomic E-state index is 12.8. The summed E-state index contributed by atoms with van der Waals surface area (Å²) < 4.78 is 41.3. The largest absolute Gasteiger partial charge is 0.462 e. The maximum absolute atomic E-state index is 12.8. The Hall–Kier alpha value is -0.780. The fourth-order valence-corrected chi connectivity index (χ4v) is 0.746. The molecule has 0 unspecified atom stereocenters. The van der Waals surface area contributed by atoms with Gasteiger partial charge in [-0.25, -0.2) is 4.79 Å². The van der Waals surface area contributed by atoms with E-state index in [9.17, 15) is 18.0 Å². The van der Waals surface area contributed by atoms with Crippen molar-refractivity contribution in [1.29, 1.82) is 0 Å². The van der Waals surface area contributed by atoms with E-state index in [0.29, 0.717) is 0 Å². The van der Waals surface area contributed by atoms with Crippen molar-refractivity contribution in [1.82, 2.24) is 5.32 Å². The lowest BCUT2D eigenvalue weighted by atomic mass is 10.3. The summed E-state index contributed by atoms with van der Waals surface area (Å²) in [5.74, 6) is -5.08. The number of carbonyl (C=O) groups excluding carboxylic acids is 1. The van der Waals surface area contributed by atoms with Gasteiger partial charge in [-0.3, -0.25) is 4.39 Å². The van der Waals surface area contributed by atoms with Gasteiger partial charge in [0.25, 0.3) is 0 Å². The zero-order valence-corrected chi connectivity index (χ0v) is 7.99. The predicted molar refractivity (Wildman–Crippen MR) is 45.0 cm³/mol. The Labute approximate surface area is 80.6 Å². The summed E-state index contributed by atoms with van der Waals surface area (Å²) in [6.07, 6.45) is 0.152. The van der Waals surface area contributed by atoms with E-state index in [1.54, 1.807) is 0 Å². The van der Waals surface area contributed by atoms with Gasteiger partial charge in [0.15, 0.2) is 0 Å². The van der Waals surface area contributed by atoms with Crippen molar-refractivity contribution in [2.75, 3.05) is 26.4 Å². The molecule has 0 amide bonds. The molecule has 0 aliphatic heterocycles. The molecule has 0 aromatic heterocycles. The highest BCUT2D eigenvalue weighted by Crippen LogP contribution is 2.13. The zero-order valence-electron chi connectivity index (χ0n) is 7.99. The van der Waals surface area contributed by atoms with Gasteiger partial charge in [-0.2, -0.15) is 8.78 Å². The molecule has 3 nitrogen and oxygen atoms in total. The molecule has 0 saturated heterocycles. The van der Waals surface area contributed by atoms with E-state index in [4.69, 9.17) is 0 Å². The first kappa shape index (κ1) is 13.2. The lowest BCUT2D eigenvalue weighted by Crippen LogP contribution is -2.41. The minimum Gasteiger partial charge on any atom is -0.462 e. The van der Waals surface area contributed by atoms with Crippen LogP contribution in [0.5, 0.6) is 0 Å². The van der Waals surface area contributed by atoms with Crippen molar-refractivity contribution >= 4 is 5.97 Å². The van der Waals surface area contributed by atoms with Gasteiger partial charge in [0.1, 0.15) is 0 Å². The molecule has 0 spiro atoms. The number of carbonyl (C=O) groups is 1. The van der Waals surface area contributed by atoms with Crippen LogP contribution in [0.15, 0.2) is 0 Å². The van der Waals surface area contributed by atoms with Crippen LogP contribution in [0.3, 0.4) is 0 Å². The highest BCUT2D eigenvalue weighted by Gasteiger charge is 2.39. The van der Waals surface area contributed by atoms with Crippen LogP contribution < -0.4 is 5.32 Å². The van der Waals surface area contributed by atoms with Gasteiger partial charge in [-0.15, -0.1) is 0 Å². The average molecular weight is 213 g/mol. The summed E-state index contributed by atoms with van der Waals surface area (Å²) in [6, 6.07) is 0. The van der Waals surface area contributed by atoms with E-state index in [2.05, 4.69) is 10.1 Å². The van der Waals surface area contributed by atoms with Crippen LogP contribution >= 0.6 is 0 Å². The zero-order chi connectivity index (χ0) is 11.0. The Balaban J connectivity index is 3.76. The van der Waals surface area contributed by atoms with E-state index in [1.165, 1.54) is 6.92 Å². The molecular formula is C8H14F3NO2. The normalized spacial score (nSPS) is 11.4. The van der Waals surface area contributed by atoms with E-state index in [0.717, 1.165) is 0 Å². The SMILES string of the molecule is CCOC(=O)C(F)(F)CNCCCF. The summed E-state index contributed by atoms with van der Waals surface area (Å²) >= 11 is 0.